The highest BCUT2D eigenvalue weighted by Gasteiger charge is 2.15. The van der Waals surface area contributed by atoms with E-state index in [1.165, 1.54) is 6.42 Å². The van der Waals surface area contributed by atoms with Gasteiger partial charge in [-0.25, -0.2) is 4.79 Å². The first-order valence-corrected chi connectivity index (χ1v) is 7.25. The van der Waals surface area contributed by atoms with E-state index >= 15 is 0 Å². The molecule has 0 radical (unpaired) electrons. The minimum atomic E-state index is -0.444. The van der Waals surface area contributed by atoms with Crippen LogP contribution in [0.2, 0.25) is 0 Å². The number of hydrogen-bond acceptors (Lipinski definition) is 2. The van der Waals surface area contributed by atoms with Gasteiger partial charge in [0.05, 0.1) is 0 Å². The van der Waals surface area contributed by atoms with Crippen LogP contribution in [0.25, 0.3) is 0 Å². The summed E-state index contributed by atoms with van der Waals surface area (Å²) >= 11 is 0. The van der Waals surface area contributed by atoms with Gasteiger partial charge in [0.15, 0.2) is 0 Å². The molecule has 114 valence electrons. The molecule has 0 heterocycles. The Kier molecular flexibility index (Phi) is 8.69. The van der Waals surface area contributed by atoms with E-state index < -0.39 is 5.60 Å². The molecule has 1 aromatic rings. The zero-order valence-electron chi connectivity index (χ0n) is 13.7. The molecule has 0 bridgehead atoms. The molecule has 0 saturated carbocycles. The van der Waals surface area contributed by atoms with Crippen molar-refractivity contribution < 1.29 is 9.53 Å². The SMILES string of the molecule is CC(C)(C)OC(=O)NCc1ccccc1.CCC(C)C. The van der Waals surface area contributed by atoms with E-state index in [2.05, 4.69) is 26.1 Å². The Morgan fingerprint density at radius 1 is 1.20 bits per heavy atom. The number of rotatable bonds is 3. The maximum Gasteiger partial charge on any atom is 0.407 e. The first kappa shape index (κ1) is 18.5. The molecule has 1 rings (SSSR count). The van der Waals surface area contributed by atoms with Crippen LogP contribution in [-0.2, 0) is 11.3 Å². The molecule has 0 aliphatic rings. The molecule has 0 spiro atoms. The summed E-state index contributed by atoms with van der Waals surface area (Å²) < 4.78 is 5.11. The standard InChI is InChI=1S/C12H17NO2.C5H12/c1-12(2,3)15-11(14)13-9-10-7-5-4-6-8-10;1-4-5(2)3/h4-8H,9H2,1-3H3,(H,13,14);5H,4H2,1-3H3. The van der Waals surface area contributed by atoms with E-state index in [9.17, 15) is 4.79 Å². The van der Waals surface area contributed by atoms with E-state index in [0.717, 1.165) is 11.5 Å². The fourth-order valence-corrected chi connectivity index (χ4v) is 1.08. The maximum absolute atomic E-state index is 11.3. The Balaban J connectivity index is 0.000000621. The molecule has 0 fully saturated rings. The average molecular weight is 279 g/mol. The molecule has 0 aliphatic heterocycles. The molecule has 1 amide bonds. The van der Waals surface area contributed by atoms with E-state index in [0.29, 0.717) is 6.54 Å². The Bertz CT molecular complexity index is 366. The fraction of sp³-hybridized carbons (Fsp3) is 0.588. The lowest BCUT2D eigenvalue weighted by Gasteiger charge is -2.19. The molecule has 3 heteroatoms. The highest BCUT2D eigenvalue weighted by atomic mass is 16.6. The van der Waals surface area contributed by atoms with Crippen molar-refractivity contribution in [3.8, 4) is 0 Å². The van der Waals surface area contributed by atoms with Gasteiger partial charge in [-0.15, -0.1) is 0 Å². The van der Waals surface area contributed by atoms with E-state index in [4.69, 9.17) is 4.74 Å². The van der Waals surface area contributed by atoms with E-state index in [-0.39, 0.29) is 6.09 Å². The summed E-state index contributed by atoms with van der Waals surface area (Å²) in [4.78, 5) is 11.3. The van der Waals surface area contributed by atoms with Crippen molar-refractivity contribution in [3.05, 3.63) is 35.9 Å². The minimum Gasteiger partial charge on any atom is -0.444 e. The lowest BCUT2D eigenvalue weighted by molar-refractivity contribution is 0.0523. The third kappa shape index (κ3) is 11.6. The van der Waals surface area contributed by atoms with Gasteiger partial charge in [0.2, 0.25) is 0 Å². The highest BCUT2D eigenvalue weighted by molar-refractivity contribution is 5.67. The molecule has 1 N–H and O–H groups in total. The van der Waals surface area contributed by atoms with Crippen molar-refractivity contribution in [2.45, 2.75) is 60.1 Å². The van der Waals surface area contributed by atoms with Crippen LogP contribution < -0.4 is 5.32 Å². The molecule has 0 saturated heterocycles. The average Bonchev–Trinajstić information content (AvgIpc) is 2.36. The summed E-state index contributed by atoms with van der Waals surface area (Å²) in [7, 11) is 0. The van der Waals surface area contributed by atoms with Gasteiger partial charge in [-0.05, 0) is 32.3 Å². The van der Waals surface area contributed by atoms with Crippen molar-refractivity contribution in [1.82, 2.24) is 5.32 Å². The third-order valence-electron chi connectivity index (χ3n) is 2.50. The second-order valence-corrected chi connectivity index (χ2v) is 6.14. The quantitative estimate of drug-likeness (QED) is 0.866. The summed E-state index contributed by atoms with van der Waals surface area (Å²) in [5, 5.41) is 2.69. The van der Waals surface area contributed by atoms with Crippen LogP contribution in [0, 0.1) is 5.92 Å². The van der Waals surface area contributed by atoms with Crippen molar-refractivity contribution in [2.24, 2.45) is 5.92 Å². The van der Waals surface area contributed by atoms with Gasteiger partial charge in [-0.3, -0.25) is 0 Å². The molecule has 20 heavy (non-hydrogen) atoms. The number of ether oxygens (including phenoxy) is 1. The van der Waals surface area contributed by atoms with Crippen molar-refractivity contribution in [3.63, 3.8) is 0 Å². The van der Waals surface area contributed by atoms with Crippen molar-refractivity contribution in [1.29, 1.82) is 0 Å². The van der Waals surface area contributed by atoms with Gasteiger partial charge in [-0.2, -0.15) is 0 Å². The zero-order chi connectivity index (χ0) is 15.6. The molecule has 1 aromatic carbocycles. The van der Waals surface area contributed by atoms with Crippen LogP contribution in [0.5, 0.6) is 0 Å². The molecule has 0 atom stereocenters. The molecule has 0 unspecified atom stereocenters. The van der Waals surface area contributed by atoms with Crippen LogP contribution in [0.1, 0.15) is 53.5 Å². The summed E-state index contributed by atoms with van der Waals surface area (Å²) in [5.74, 6) is 0.884. The minimum absolute atomic E-state index is 0.383. The number of carbonyl (C=O) groups is 1. The normalized spacial score (nSPS) is 10.6. The van der Waals surface area contributed by atoms with Gasteiger partial charge >= 0.3 is 6.09 Å². The number of hydrogen-bond donors (Lipinski definition) is 1. The third-order valence-corrected chi connectivity index (χ3v) is 2.50. The lowest BCUT2D eigenvalue weighted by atomic mass is 10.2. The second kappa shape index (κ2) is 9.40. The predicted octanol–water partition coefficient (Wildman–Crippen LogP) is 4.76. The maximum atomic E-state index is 11.3. The van der Waals surface area contributed by atoms with Crippen LogP contribution >= 0.6 is 0 Å². The molecular formula is C17H29NO2. The zero-order valence-corrected chi connectivity index (χ0v) is 13.7. The second-order valence-electron chi connectivity index (χ2n) is 6.14. The summed E-state index contributed by atoms with van der Waals surface area (Å²) in [6.07, 6.45) is 0.923. The van der Waals surface area contributed by atoms with Crippen LogP contribution in [0.15, 0.2) is 30.3 Å². The highest BCUT2D eigenvalue weighted by Crippen LogP contribution is 2.06. The Morgan fingerprint density at radius 3 is 2.10 bits per heavy atom. The Morgan fingerprint density at radius 2 is 1.70 bits per heavy atom. The molecule has 3 nitrogen and oxygen atoms in total. The molecule has 0 aliphatic carbocycles. The Labute approximate surface area is 123 Å². The summed E-state index contributed by atoms with van der Waals surface area (Å²) in [6, 6.07) is 9.73. The first-order chi connectivity index (χ1) is 9.24. The largest absolute Gasteiger partial charge is 0.444 e. The van der Waals surface area contributed by atoms with E-state index in [1.54, 1.807) is 0 Å². The van der Waals surface area contributed by atoms with E-state index in [1.807, 2.05) is 51.1 Å². The smallest absolute Gasteiger partial charge is 0.407 e. The topological polar surface area (TPSA) is 38.3 Å². The van der Waals surface area contributed by atoms with Crippen LogP contribution in [0.3, 0.4) is 0 Å². The van der Waals surface area contributed by atoms with Gasteiger partial charge in [0.1, 0.15) is 5.60 Å². The lowest BCUT2D eigenvalue weighted by Crippen LogP contribution is -2.32. The number of benzene rings is 1. The Hall–Kier alpha value is -1.51. The summed E-state index contributed by atoms with van der Waals surface area (Å²) in [5.41, 5.74) is 0.615. The number of nitrogens with one attached hydrogen (secondary N) is 1. The van der Waals surface area contributed by atoms with Crippen molar-refractivity contribution >= 4 is 6.09 Å². The van der Waals surface area contributed by atoms with Crippen LogP contribution in [0.4, 0.5) is 4.79 Å². The first-order valence-electron chi connectivity index (χ1n) is 7.25. The molecular weight excluding hydrogens is 250 g/mol. The monoisotopic (exact) mass is 279 g/mol. The van der Waals surface area contributed by atoms with Crippen molar-refractivity contribution in [2.75, 3.05) is 0 Å². The number of carbonyl (C=O) groups excluding carboxylic acids is 1. The molecule has 0 aromatic heterocycles. The number of alkyl carbamates (subject to hydrolysis) is 1. The summed E-state index contributed by atoms with van der Waals surface area (Å²) in [6.45, 7) is 12.7. The van der Waals surface area contributed by atoms with Gasteiger partial charge in [-0.1, -0.05) is 57.5 Å². The van der Waals surface area contributed by atoms with Gasteiger partial charge in [0, 0.05) is 6.54 Å². The number of amides is 1. The van der Waals surface area contributed by atoms with Gasteiger partial charge < -0.3 is 10.1 Å². The van der Waals surface area contributed by atoms with Crippen LogP contribution in [-0.4, -0.2) is 11.7 Å². The predicted molar refractivity (Wildman–Crippen MR) is 84.6 cm³/mol. The fourth-order valence-electron chi connectivity index (χ4n) is 1.08. The van der Waals surface area contributed by atoms with Gasteiger partial charge in [0.25, 0.3) is 0 Å².